The number of hydrogen-bond donors (Lipinski definition) is 2. The molecule has 0 unspecified atom stereocenters. The van der Waals surface area contributed by atoms with Crippen LogP contribution in [0.25, 0.3) is 0 Å². The van der Waals surface area contributed by atoms with Gasteiger partial charge in [0.05, 0.1) is 12.2 Å². The molecule has 0 spiro atoms. The van der Waals surface area contributed by atoms with Crippen molar-refractivity contribution in [2.45, 2.75) is 6.18 Å². The van der Waals surface area contributed by atoms with Crippen molar-refractivity contribution >= 4 is 23.2 Å². The highest BCUT2D eigenvalue weighted by atomic mass is 19.4. The lowest BCUT2D eigenvalue weighted by Crippen LogP contribution is -2.49. The minimum absolute atomic E-state index is 0.141. The van der Waals surface area contributed by atoms with Crippen LogP contribution in [-0.2, 0) is 11.0 Å². The fourth-order valence-corrected chi connectivity index (χ4v) is 2.94. The number of nitrogens with one attached hydrogen (secondary N) is 1. The number of carbonyl (C=O) groups excluding carboxylic acids is 1. The number of rotatable bonds is 5. The van der Waals surface area contributed by atoms with Crippen molar-refractivity contribution in [1.82, 2.24) is 14.9 Å². The average molecular weight is 407 g/mol. The van der Waals surface area contributed by atoms with Crippen LogP contribution in [0.5, 0.6) is 0 Å². The monoisotopic (exact) mass is 407 g/mol. The fraction of sp³-hybridized carbons (Fsp3) is 0.316. The third kappa shape index (κ3) is 4.83. The molecule has 154 valence electrons. The van der Waals surface area contributed by atoms with Crippen LogP contribution in [0.4, 0.5) is 30.5 Å². The van der Waals surface area contributed by atoms with Crippen LogP contribution in [0.3, 0.4) is 0 Å². The van der Waals surface area contributed by atoms with Crippen molar-refractivity contribution < 1.29 is 23.1 Å². The number of aromatic nitrogens is 2. The molecule has 2 heterocycles. The summed E-state index contributed by atoms with van der Waals surface area (Å²) in [6, 6.07) is 4.66. The van der Waals surface area contributed by atoms with E-state index in [0.29, 0.717) is 43.5 Å². The lowest BCUT2D eigenvalue weighted by molar-refractivity contribution is -0.137. The predicted octanol–water partition coefficient (Wildman–Crippen LogP) is 2.44. The van der Waals surface area contributed by atoms with Crippen LogP contribution in [-0.4, -0.2) is 58.7 Å². The Kier molecular flexibility index (Phi) is 6.02. The molecule has 7 nitrogen and oxygen atoms in total. The molecule has 2 N–H and O–H groups in total. The first-order valence-electron chi connectivity index (χ1n) is 8.87. The van der Waals surface area contributed by atoms with Gasteiger partial charge in [0, 0.05) is 49.8 Å². The molecule has 0 saturated carbocycles. The third-order valence-corrected chi connectivity index (χ3v) is 4.51. The van der Waals surface area contributed by atoms with Gasteiger partial charge < -0.3 is 20.2 Å². The van der Waals surface area contributed by atoms with Gasteiger partial charge in [-0.2, -0.15) is 13.2 Å². The Balaban J connectivity index is 1.70. The summed E-state index contributed by atoms with van der Waals surface area (Å²) in [5, 5.41) is 12.1. The Labute approximate surface area is 165 Å². The molecule has 0 bridgehead atoms. The molecular formula is C19H20F3N5O2. The minimum atomic E-state index is -4.39. The number of piperazine rings is 1. The smallest absolute Gasteiger partial charge is 0.391 e. The lowest BCUT2D eigenvalue weighted by atomic mass is 10.2. The second-order valence-corrected chi connectivity index (χ2v) is 6.47. The molecular weight excluding hydrogens is 387 g/mol. The SMILES string of the molecule is C=C(CO)C(=O)N1CCN(c2nccnc2Nc2ccc(C(F)(F)F)cc2)CC1. The number of halogens is 3. The molecule has 1 aromatic carbocycles. The predicted molar refractivity (Wildman–Crippen MR) is 102 cm³/mol. The third-order valence-electron chi connectivity index (χ3n) is 4.51. The maximum atomic E-state index is 12.7. The summed E-state index contributed by atoms with van der Waals surface area (Å²) < 4.78 is 38.2. The molecule has 1 aliphatic heterocycles. The van der Waals surface area contributed by atoms with Gasteiger partial charge in [0.25, 0.3) is 5.91 Å². The van der Waals surface area contributed by atoms with Crippen molar-refractivity contribution in [2.75, 3.05) is 43.0 Å². The Morgan fingerprint density at radius 1 is 1.10 bits per heavy atom. The number of aliphatic hydroxyl groups excluding tert-OH is 1. The number of aliphatic hydroxyl groups is 1. The number of hydrogen-bond acceptors (Lipinski definition) is 6. The van der Waals surface area contributed by atoms with Gasteiger partial charge in [0.1, 0.15) is 0 Å². The zero-order chi connectivity index (χ0) is 21.0. The van der Waals surface area contributed by atoms with E-state index in [4.69, 9.17) is 5.11 Å². The Morgan fingerprint density at radius 3 is 2.31 bits per heavy atom. The standard InChI is InChI=1S/C19H20F3N5O2/c1-13(12-28)18(29)27-10-8-26(9-11-27)17-16(23-6-7-24-17)25-15-4-2-14(3-5-15)19(20,21)22/h2-7,28H,1,8-12H2,(H,23,25). The topological polar surface area (TPSA) is 81.6 Å². The molecule has 1 aromatic heterocycles. The van der Waals surface area contributed by atoms with E-state index in [1.54, 1.807) is 4.90 Å². The van der Waals surface area contributed by atoms with Crippen molar-refractivity contribution in [1.29, 1.82) is 0 Å². The van der Waals surface area contributed by atoms with Crippen molar-refractivity contribution in [3.8, 4) is 0 Å². The molecule has 1 saturated heterocycles. The van der Waals surface area contributed by atoms with E-state index in [2.05, 4.69) is 21.9 Å². The van der Waals surface area contributed by atoms with Gasteiger partial charge in [0.15, 0.2) is 11.6 Å². The molecule has 3 rings (SSSR count). The first-order valence-corrected chi connectivity index (χ1v) is 8.87. The number of nitrogens with zero attached hydrogens (tertiary/aromatic N) is 4. The van der Waals surface area contributed by atoms with Gasteiger partial charge in [-0.3, -0.25) is 4.79 Å². The van der Waals surface area contributed by atoms with E-state index in [1.807, 2.05) is 4.90 Å². The maximum absolute atomic E-state index is 12.7. The van der Waals surface area contributed by atoms with Gasteiger partial charge in [-0.1, -0.05) is 6.58 Å². The number of benzene rings is 1. The normalized spacial score (nSPS) is 14.6. The Bertz CT molecular complexity index is 878. The molecule has 1 amide bonds. The zero-order valence-corrected chi connectivity index (χ0v) is 15.5. The van der Waals surface area contributed by atoms with Gasteiger partial charge in [-0.15, -0.1) is 0 Å². The van der Waals surface area contributed by atoms with E-state index in [9.17, 15) is 18.0 Å². The van der Waals surface area contributed by atoms with Crippen LogP contribution < -0.4 is 10.2 Å². The van der Waals surface area contributed by atoms with E-state index < -0.39 is 11.7 Å². The summed E-state index contributed by atoms with van der Waals surface area (Å²) in [5.74, 6) is 0.668. The van der Waals surface area contributed by atoms with Crippen LogP contribution in [0.1, 0.15) is 5.56 Å². The highest BCUT2D eigenvalue weighted by Crippen LogP contribution is 2.31. The Morgan fingerprint density at radius 2 is 1.72 bits per heavy atom. The number of alkyl halides is 3. The number of anilines is 3. The van der Waals surface area contributed by atoms with E-state index >= 15 is 0 Å². The van der Waals surface area contributed by atoms with E-state index in [1.165, 1.54) is 24.5 Å². The first-order chi connectivity index (χ1) is 13.8. The van der Waals surface area contributed by atoms with Gasteiger partial charge >= 0.3 is 6.18 Å². The van der Waals surface area contributed by atoms with E-state index in [0.717, 1.165) is 12.1 Å². The summed E-state index contributed by atoms with van der Waals surface area (Å²) in [7, 11) is 0. The fourth-order valence-electron chi connectivity index (χ4n) is 2.94. The minimum Gasteiger partial charge on any atom is -0.391 e. The Hall–Kier alpha value is -3.14. The quantitative estimate of drug-likeness (QED) is 0.741. The number of carbonyl (C=O) groups is 1. The van der Waals surface area contributed by atoms with Crippen LogP contribution in [0.2, 0.25) is 0 Å². The van der Waals surface area contributed by atoms with Crippen molar-refractivity contribution in [3.63, 3.8) is 0 Å². The second-order valence-electron chi connectivity index (χ2n) is 6.47. The number of amides is 1. The first kappa shape index (κ1) is 20.6. The molecule has 10 heteroatoms. The van der Waals surface area contributed by atoms with E-state index in [-0.39, 0.29) is 18.1 Å². The molecule has 0 atom stereocenters. The van der Waals surface area contributed by atoms with Crippen LogP contribution in [0, 0.1) is 0 Å². The van der Waals surface area contributed by atoms with Crippen LogP contribution >= 0.6 is 0 Å². The second kappa shape index (κ2) is 8.48. The average Bonchev–Trinajstić information content (AvgIpc) is 2.73. The summed E-state index contributed by atoms with van der Waals surface area (Å²) in [5.41, 5.74) is -0.136. The molecule has 1 aliphatic rings. The maximum Gasteiger partial charge on any atom is 0.416 e. The highest BCUT2D eigenvalue weighted by molar-refractivity contribution is 5.93. The summed E-state index contributed by atoms with van der Waals surface area (Å²) in [6.07, 6.45) is -1.38. The summed E-state index contributed by atoms with van der Waals surface area (Å²) in [6.45, 7) is 5.00. The van der Waals surface area contributed by atoms with Crippen molar-refractivity contribution in [3.05, 3.63) is 54.4 Å². The lowest BCUT2D eigenvalue weighted by Gasteiger charge is -2.36. The van der Waals surface area contributed by atoms with Gasteiger partial charge in [-0.25, -0.2) is 9.97 Å². The zero-order valence-electron chi connectivity index (χ0n) is 15.5. The molecule has 1 fully saturated rings. The van der Waals surface area contributed by atoms with Crippen molar-refractivity contribution in [2.24, 2.45) is 0 Å². The molecule has 29 heavy (non-hydrogen) atoms. The van der Waals surface area contributed by atoms with Gasteiger partial charge in [0.2, 0.25) is 0 Å². The van der Waals surface area contributed by atoms with Crippen LogP contribution in [0.15, 0.2) is 48.8 Å². The summed E-state index contributed by atoms with van der Waals surface area (Å²) in [4.78, 5) is 24.2. The largest absolute Gasteiger partial charge is 0.416 e. The molecule has 0 radical (unpaired) electrons. The highest BCUT2D eigenvalue weighted by Gasteiger charge is 2.30. The molecule has 0 aliphatic carbocycles. The molecule has 2 aromatic rings. The van der Waals surface area contributed by atoms with Gasteiger partial charge in [-0.05, 0) is 24.3 Å². The summed E-state index contributed by atoms with van der Waals surface area (Å²) >= 11 is 0.